The fraction of sp³-hybridized carbons (Fsp3) is 0.250. The number of hydrogen-bond donors (Lipinski definition) is 2. The molecule has 18 heavy (non-hydrogen) atoms. The number of hydrogen-bond acceptors (Lipinski definition) is 2. The van der Waals surface area contributed by atoms with Crippen LogP contribution in [0.15, 0.2) is 36.4 Å². The van der Waals surface area contributed by atoms with E-state index in [1.807, 2.05) is 13.0 Å². The fourth-order valence-electron chi connectivity index (χ4n) is 2.16. The Hall–Kier alpha value is -1.96. The molecule has 0 heterocycles. The molecule has 0 saturated heterocycles. The van der Waals surface area contributed by atoms with Crippen molar-refractivity contribution in [2.24, 2.45) is 0 Å². The maximum absolute atomic E-state index is 9.38. The Morgan fingerprint density at radius 1 is 0.944 bits per heavy atom. The standard InChI is InChI=1S/C16H19NO/c1-11-5-4-6-12(2)15(11)10-17-16-8-7-14(18)9-13(16)3/h4-9,17-18H,10H2,1-3H3. The van der Waals surface area contributed by atoms with E-state index in [1.54, 1.807) is 12.1 Å². The van der Waals surface area contributed by atoms with E-state index in [0.29, 0.717) is 5.75 Å². The van der Waals surface area contributed by atoms with Gasteiger partial charge in [-0.3, -0.25) is 0 Å². The summed E-state index contributed by atoms with van der Waals surface area (Å²) in [6, 6.07) is 11.7. The molecule has 2 N–H and O–H groups in total. The van der Waals surface area contributed by atoms with Crippen molar-refractivity contribution in [3.8, 4) is 5.75 Å². The van der Waals surface area contributed by atoms with Gasteiger partial charge in [0.2, 0.25) is 0 Å². The lowest BCUT2D eigenvalue weighted by Gasteiger charge is -2.13. The van der Waals surface area contributed by atoms with Crippen molar-refractivity contribution in [1.82, 2.24) is 0 Å². The molecular weight excluding hydrogens is 222 g/mol. The predicted octanol–water partition coefficient (Wildman–Crippen LogP) is 3.93. The van der Waals surface area contributed by atoms with Crippen LogP contribution in [0.3, 0.4) is 0 Å². The maximum Gasteiger partial charge on any atom is 0.115 e. The first-order valence-electron chi connectivity index (χ1n) is 6.16. The minimum absolute atomic E-state index is 0.310. The molecular formula is C16H19NO. The van der Waals surface area contributed by atoms with Gasteiger partial charge in [-0.05, 0) is 61.2 Å². The molecule has 2 aromatic carbocycles. The summed E-state index contributed by atoms with van der Waals surface area (Å²) in [5.41, 5.74) is 6.07. The summed E-state index contributed by atoms with van der Waals surface area (Å²) in [5.74, 6) is 0.310. The number of benzene rings is 2. The second-order valence-corrected chi connectivity index (χ2v) is 4.72. The minimum Gasteiger partial charge on any atom is -0.508 e. The van der Waals surface area contributed by atoms with E-state index in [9.17, 15) is 5.11 Å². The average molecular weight is 241 g/mol. The lowest BCUT2D eigenvalue weighted by Crippen LogP contribution is -2.04. The van der Waals surface area contributed by atoms with Gasteiger partial charge in [-0.25, -0.2) is 0 Å². The van der Waals surface area contributed by atoms with Crippen LogP contribution in [-0.2, 0) is 6.54 Å². The smallest absolute Gasteiger partial charge is 0.115 e. The number of aryl methyl sites for hydroxylation is 3. The Bertz CT molecular complexity index is 541. The molecule has 2 aromatic rings. The van der Waals surface area contributed by atoms with Gasteiger partial charge >= 0.3 is 0 Å². The van der Waals surface area contributed by atoms with Crippen LogP contribution in [0.4, 0.5) is 5.69 Å². The molecule has 0 saturated carbocycles. The van der Waals surface area contributed by atoms with Crippen LogP contribution in [0.25, 0.3) is 0 Å². The number of phenolic OH excluding ortho intramolecular Hbond substituents is 1. The van der Waals surface area contributed by atoms with E-state index < -0.39 is 0 Å². The molecule has 2 nitrogen and oxygen atoms in total. The molecule has 0 radical (unpaired) electrons. The Labute approximate surface area is 108 Å². The van der Waals surface area contributed by atoms with Crippen molar-refractivity contribution in [2.75, 3.05) is 5.32 Å². The quantitative estimate of drug-likeness (QED) is 0.798. The van der Waals surface area contributed by atoms with Crippen molar-refractivity contribution in [1.29, 1.82) is 0 Å². The van der Waals surface area contributed by atoms with Crippen LogP contribution in [0.1, 0.15) is 22.3 Å². The average Bonchev–Trinajstić information content (AvgIpc) is 2.31. The molecule has 2 rings (SSSR count). The number of aromatic hydroxyl groups is 1. The van der Waals surface area contributed by atoms with E-state index >= 15 is 0 Å². The molecule has 0 aliphatic carbocycles. The van der Waals surface area contributed by atoms with Crippen molar-refractivity contribution in [3.63, 3.8) is 0 Å². The largest absolute Gasteiger partial charge is 0.508 e. The van der Waals surface area contributed by atoms with Crippen LogP contribution >= 0.6 is 0 Å². The number of rotatable bonds is 3. The molecule has 0 unspecified atom stereocenters. The third-order valence-electron chi connectivity index (χ3n) is 3.31. The van der Waals surface area contributed by atoms with Gasteiger partial charge in [0.1, 0.15) is 5.75 Å². The van der Waals surface area contributed by atoms with Gasteiger partial charge in [0, 0.05) is 12.2 Å². The Morgan fingerprint density at radius 3 is 2.22 bits per heavy atom. The second kappa shape index (κ2) is 5.13. The molecule has 0 amide bonds. The lowest BCUT2D eigenvalue weighted by molar-refractivity contribution is 0.475. The molecule has 0 aliphatic rings. The zero-order valence-electron chi connectivity index (χ0n) is 11.1. The molecule has 0 spiro atoms. The normalized spacial score (nSPS) is 10.4. The summed E-state index contributed by atoms with van der Waals surface area (Å²) in [7, 11) is 0. The highest BCUT2D eigenvalue weighted by molar-refractivity contribution is 5.54. The zero-order valence-corrected chi connectivity index (χ0v) is 11.1. The monoisotopic (exact) mass is 241 g/mol. The van der Waals surface area contributed by atoms with Crippen LogP contribution in [0.5, 0.6) is 5.75 Å². The molecule has 0 aliphatic heterocycles. The zero-order chi connectivity index (χ0) is 13.1. The molecule has 0 bridgehead atoms. The van der Waals surface area contributed by atoms with E-state index in [0.717, 1.165) is 17.8 Å². The first-order valence-corrected chi connectivity index (χ1v) is 6.16. The van der Waals surface area contributed by atoms with Gasteiger partial charge in [0.25, 0.3) is 0 Å². The van der Waals surface area contributed by atoms with E-state index in [1.165, 1.54) is 16.7 Å². The van der Waals surface area contributed by atoms with Gasteiger partial charge in [-0.15, -0.1) is 0 Å². The van der Waals surface area contributed by atoms with Crippen molar-refractivity contribution in [3.05, 3.63) is 58.7 Å². The summed E-state index contributed by atoms with van der Waals surface area (Å²) in [5, 5.41) is 12.8. The first-order chi connectivity index (χ1) is 8.58. The van der Waals surface area contributed by atoms with Gasteiger partial charge in [-0.1, -0.05) is 18.2 Å². The molecule has 0 fully saturated rings. The lowest BCUT2D eigenvalue weighted by atomic mass is 10.0. The Kier molecular flexibility index (Phi) is 3.56. The summed E-state index contributed by atoms with van der Waals surface area (Å²) in [6.45, 7) is 7.07. The van der Waals surface area contributed by atoms with Crippen LogP contribution in [-0.4, -0.2) is 5.11 Å². The van der Waals surface area contributed by atoms with Crippen LogP contribution in [0.2, 0.25) is 0 Å². The highest BCUT2D eigenvalue weighted by Crippen LogP contribution is 2.22. The third-order valence-corrected chi connectivity index (χ3v) is 3.31. The number of anilines is 1. The number of nitrogens with one attached hydrogen (secondary N) is 1. The second-order valence-electron chi connectivity index (χ2n) is 4.72. The number of phenols is 1. The highest BCUT2D eigenvalue weighted by Gasteiger charge is 2.03. The van der Waals surface area contributed by atoms with E-state index in [4.69, 9.17) is 0 Å². The molecule has 94 valence electrons. The van der Waals surface area contributed by atoms with E-state index in [-0.39, 0.29) is 0 Å². The van der Waals surface area contributed by atoms with Gasteiger partial charge < -0.3 is 10.4 Å². The summed E-state index contributed by atoms with van der Waals surface area (Å²) < 4.78 is 0. The third kappa shape index (κ3) is 2.65. The summed E-state index contributed by atoms with van der Waals surface area (Å²) in [4.78, 5) is 0. The molecule has 0 atom stereocenters. The predicted molar refractivity (Wildman–Crippen MR) is 76.1 cm³/mol. The molecule has 0 aromatic heterocycles. The Morgan fingerprint density at radius 2 is 1.61 bits per heavy atom. The van der Waals surface area contributed by atoms with E-state index in [2.05, 4.69) is 37.4 Å². The van der Waals surface area contributed by atoms with Crippen molar-refractivity contribution >= 4 is 5.69 Å². The maximum atomic E-state index is 9.38. The summed E-state index contributed by atoms with van der Waals surface area (Å²) >= 11 is 0. The SMILES string of the molecule is Cc1cc(O)ccc1NCc1c(C)cccc1C. The van der Waals surface area contributed by atoms with Gasteiger partial charge in [-0.2, -0.15) is 0 Å². The fourth-order valence-corrected chi connectivity index (χ4v) is 2.16. The van der Waals surface area contributed by atoms with Crippen LogP contribution in [0, 0.1) is 20.8 Å². The first kappa shape index (κ1) is 12.5. The molecule has 2 heteroatoms. The highest BCUT2D eigenvalue weighted by atomic mass is 16.3. The van der Waals surface area contributed by atoms with Crippen molar-refractivity contribution < 1.29 is 5.11 Å². The summed E-state index contributed by atoms with van der Waals surface area (Å²) in [6.07, 6.45) is 0. The minimum atomic E-state index is 0.310. The Balaban J connectivity index is 2.16. The topological polar surface area (TPSA) is 32.3 Å². The van der Waals surface area contributed by atoms with Gasteiger partial charge in [0.15, 0.2) is 0 Å². The van der Waals surface area contributed by atoms with Crippen molar-refractivity contribution in [2.45, 2.75) is 27.3 Å². The van der Waals surface area contributed by atoms with Gasteiger partial charge in [0.05, 0.1) is 0 Å². The van der Waals surface area contributed by atoms with Crippen LogP contribution < -0.4 is 5.32 Å².